The van der Waals surface area contributed by atoms with Gasteiger partial charge < -0.3 is 9.84 Å². The maximum Gasteiger partial charge on any atom is 0.306 e. The number of thioether (sulfide) groups is 1. The molecule has 0 bridgehead atoms. The summed E-state index contributed by atoms with van der Waals surface area (Å²) < 4.78 is 18.5. The molecule has 1 aliphatic carbocycles. The molecule has 110 valence electrons. The van der Waals surface area contributed by atoms with Gasteiger partial charge in [0, 0.05) is 16.2 Å². The van der Waals surface area contributed by atoms with Crippen LogP contribution >= 0.6 is 11.8 Å². The average molecular weight is 298 g/mol. The number of ether oxygens (including phenoxy) is 1. The summed E-state index contributed by atoms with van der Waals surface area (Å²) in [6.45, 7) is 1.56. The zero-order valence-electron chi connectivity index (χ0n) is 11.7. The molecular formula is C15H19FO3S. The Bertz CT molecular complexity index is 498. The molecule has 1 atom stereocenters. The number of aliphatic hydroxyl groups is 1. The van der Waals surface area contributed by atoms with Gasteiger partial charge in [-0.05, 0) is 37.3 Å². The summed E-state index contributed by atoms with van der Waals surface area (Å²) in [6, 6.07) is 4.81. The van der Waals surface area contributed by atoms with E-state index < -0.39 is 6.10 Å². The minimum Gasteiger partial charge on any atom is -0.469 e. The third-order valence-electron chi connectivity index (χ3n) is 3.67. The largest absolute Gasteiger partial charge is 0.469 e. The highest BCUT2D eigenvalue weighted by atomic mass is 32.2. The molecule has 1 fully saturated rings. The van der Waals surface area contributed by atoms with Crippen LogP contribution in [-0.4, -0.2) is 23.9 Å². The third-order valence-corrected chi connectivity index (χ3v) is 5.09. The van der Waals surface area contributed by atoms with Crippen molar-refractivity contribution >= 4 is 17.7 Å². The van der Waals surface area contributed by atoms with Crippen molar-refractivity contribution in [3.63, 3.8) is 0 Å². The van der Waals surface area contributed by atoms with Gasteiger partial charge in [-0.25, -0.2) is 4.39 Å². The molecule has 20 heavy (non-hydrogen) atoms. The van der Waals surface area contributed by atoms with Gasteiger partial charge in [-0.3, -0.25) is 4.79 Å². The lowest BCUT2D eigenvalue weighted by Gasteiger charge is -2.16. The van der Waals surface area contributed by atoms with Crippen LogP contribution in [0.3, 0.4) is 0 Å². The predicted molar refractivity (Wildman–Crippen MR) is 76.1 cm³/mol. The van der Waals surface area contributed by atoms with Crippen molar-refractivity contribution in [3.05, 3.63) is 29.6 Å². The molecule has 3 nitrogen and oxygen atoms in total. The molecule has 0 aromatic heterocycles. The topological polar surface area (TPSA) is 46.5 Å². The Morgan fingerprint density at radius 2 is 2.25 bits per heavy atom. The summed E-state index contributed by atoms with van der Waals surface area (Å²) in [7, 11) is 1.39. The average Bonchev–Trinajstić information content (AvgIpc) is 3.16. The zero-order valence-corrected chi connectivity index (χ0v) is 12.5. The lowest BCUT2D eigenvalue weighted by atomic mass is 10.1. The molecule has 1 aromatic carbocycles. The molecule has 1 saturated carbocycles. The number of rotatable bonds is 6. The summed E-state index contributed by atoms with van der Waals surface area (Å²) in [6.07, 6.45) is 1.56. The molecule has 0 radical (unpaired) electrons. The monoisotopic (exact) mass is 298 g/mol. The first-order valence-corrected chi connectivity index (χ1v) is 7.62. The van der Waals surface area contributed by atoms with Gasteiger partial charge in [0.1, 0.15) is 5.82 Å². The van der Waals surface area contributed by atoms with Crippen LogP contribution in [0.15, 0.2) is 23.1 Å². The fraction of sp³-hybridized carbons (Fsp3) is 0.533. The molecule has 5 heteroatoms. The highest BCUT2D eigenvalue weighted by Gasteiger charge is 2.44. The first-order chi connectivity index (χ1) is 9.47. The Hall–Kier alpha value is -1.07. The van der Waals surface area contributed by atoms with Gasteiger partial charge >= 0.3 is 5.97 Å². The van der Waals surface area contributed by atoms with Gasteiger partial charge in [0.25, 0.3) is 0 Å². The lowest BCUT2D eigenvalue weighted by Crippen LogP contribution is -2.13. The highest BCUT2D eigenvalue weighted by Crippen LogP contribution is 2.52. The van der Waals surface area contributed by atoms with E-state index in [0.29, 0.717) is 12.0 Å². The Morgan fingerprint density at radius 1 is 1.55 bits per heavy atom. The second-order valence-corrected chi connectivity index (χ2v) is 6.39. The maximum atomic E-state index is 13.8. The second-order valence-electron chi connectivity index (χ2n) is 5.37. The summed E-state index contributed by atoms with van der Waals surface area (Å²) in [5.74, 6) is 0.159. The Labute approximate surface area is 122 Å². The number of benzene rings is 1. The molecule has 0 aliphatic heterocycles. The molecule has 0 amide bonds. The molecule has 1 aliphatic rings. The normalized spacial score (nSPS) is 17.6. The smallest absolute Gasteiger partial charge is 0.306 e. The van der Waals surface area contributed by atoms with Crippen LogP contribution in [0.1, 0.15) is 37.9 Å². The van der Waals surface area contributed by atoms with Crippen LogP contribution < -0.4 is 0 Å². The standard InChI is InChI=1S/C15H19FO3S/c1-10(17)14-11(16)4-3-5-12(14)20-9-15(6-7-15)8-13(18)19-2/h3-5,10,17H,6-9H2,1-2H3/t10-/m0/s1. The van der Waals surface area contributed by atoms with Gasteiger partial charge in [-0.2, -0.15) is 0 Å². The van der Waals surface area contributed by atoms with E-state index in [1.54, 1.807) is 13.0 Å². The van der Waals surface area contributed by atoms with Crippen LogP contribution in [0, 0.1) is 11.2 Å². The molecule has 1 N–H and O–H groups in total. The van der Waals surface area contributed by atoms with Gasteiger partial charge in [0.2, 0.25) is 0 Å². The van der Waals surface area contributed by atoms with Gasteiger partial charge in [0.15, 0.2) is 0 Å². The van der Waals surface area contributed by atoms with Gasteiger partial charge in [-0.15, -0.1) is 11.8 Å². The molecule has 2 rings (SSSR count). The van der Waals surface area contributed by atoms with E-state index in [4.69, 9.17) is 4.74 Å². The van der Waals surface area contributed by atoms with Crippen molar-refractivity contribution in [2.24, 2.45) is 5.41 Å². The number of aliphatic hydroxyl groups excluding tert-OH is 1. The van der Waals surface area contributed by atoms with E-state index in [9.17, 15) is 14.3 Å². The van der Waals surface area contributed by atoms with Crippen LogP contribution in [0.25, 0.3) is 0 Å². The van der Waals surface area contributed by atoms with Crippen molar-refractivity contribution in [3.8, 4) is 0 Å². The van der Waals surface area contributed by atoms with Gasteiger partial charge in [-0.1, -0.05) is 6.07 Å². The van der Waals surface area contributed by atoms with Crippen molar-refractivity contribution in [2.75, 3.05) is 12.9 Å². The number of hydrogen-bond acceptors (Lipinski definition) is 4. The van der Waals surface area contributed by atoms with Crippen LogP contribution in [-0.2, 0) is 9.53 Å². The van der Waals surface area contributed by atoms with Crippen molar-refractivity contribution < 1.29 is 19.0 Å². The predicted octanol–water partition coefficient (Wildman–Crippen LogP) is 3.31. The maximum absolute atomic E-state index is 13.8. The lowest BCUT2D eigenvalue weighted by molar-refractivity contribution is -0.141. The molecule has 1 aromatic rings. The Morgan fingerprint density at radius 3 is 2.80 bits per heavy atom. The van der Waals surface area contributed by atoms with E-state index >= 15 is 0 Å². The number of carbonyl (C=O) groups excluding carboxylic acids is 1. The van der Waals surface area contributed by atoms with E-state index in [1.165, 1.54) is 24.9 Å². The van der Waals surface area contributed by atoms with Gasteiger partial charge in [0.05, 0.1) is 19.6 Å². The van der Waals surface area contributed by atoms with E-state index in [1.807, 2.05) is 6.07 Å². The van der Waals surface area contributed by atoms with Crippen LogP contribution in [0.4, 0.5) is 4.39 Å². The van der Waals surface area contributed by atoms with E-state index in [0.717, 1.165) is 23.5 Å². The van der Waals surface area contributed by atoms with Crippen LogP contribution in [0.5, 0.6) is 0 Å². The van der Waals surface area contributed by atoms with Crippen molar-refractivity contribution in [2.45, 2.75) is 37.2 Å². The number of hydrogen-bond donors (Lipinski definition) is 1. The fourth-order valence-electron chi connectivity index (χ4n) is 2.21. The third kappa shape index (κ3) is 3.52. The zero-order chi connectivity index (χ0) is 14.8. The summed E-state index contributed by atoms with van der Waals surface area (Å²) in [4.78, 5) is 12.1. The Balaban J connectivity index is 2.05. The highest BCUT2D eigenvalue weighted by molar-refractivity contribution is 7.99. The minimum atomic E-state index is -0.838. The number of halogens is 1. The number of esters is 1. The van der Waals surface area contributed by atoms with E-state index in [-0.39, 0.29) is 17.2 Å². The van der Waals surface area contributed by atoms with Crippen molar-refractivity contribution in [1.29, 1.82) is 0 Å². The Kier molecular flexibility index (Phi) is 4.70. The molecular weight excluding hydrogens is 279 g/mol. The molecule has 0 unspecified atom stereocenters. The number of carbonyl (C=O) groups is 1. The molecule has 0 spiro atoms. The first kappa shape index (κ1) is 15.3. The summed E-state index contributed by atoms with van der Waals surface area (Å²) in [5, 5.41) is 9.69. The fourth-order valence-corrected chi connectivity index (χ4v) is 3.66. The first-order valence-electron chi connectivity index (χ1n) is 6.63. The SMILES string of the molecule is COC(=O)CC1(CSc2cccc(F)c2[C@H](C)O)CC1. The summed E-state index contributed by atoms with van der Waals surface area (Å²) in [5.41, 5.74) is 0.325. The van der Waals surface area contributed by atoms with Crippen LogP contribution in [0.2, 0.25) is 0 Å². The molecule has 0 heterocycles. The van der Waals surface area contributed by atoms with Crippen molar-refractivity contribution in [1.82, 2.24) is 0 Å². The minimum absolute atomic E-state index is 0.0138. The quantitative estimate of drug-likeness (QED) is 0.646. The second kappa shape index (κ2) is 6.14. The van der Waals surface area contributed by atoms with E-state index in [2.05, 4.69) is 0 Å². The summed E-state index contributed by atoms with van der Waals surface area (Å²) >= 11 is 1.50. The number of methoxy groups -OCH3 is 1. The molecule has 0 saturated heterocycles.